The third kappa shape index (κ3) is 0.891. The maximum atomic E-state index is 3.58. The van der Waals surface area contributed by atoms with Crippen LogP contribution in [0.4, 0.5) is 0 Å². The molecule has 1 nitrogen and oxygen atoms in total. The Hall–Kier alpha value is -0.0400. The maximum Gasteiger partial charge on any atom is 0.00112 e. The molecule has 1 heterocycles. The van der Waals surface area contributed by atoms with Gasteiger partial charge in [0.15, 0.2) is 0 Å². The molecule has 12 heavy (non-hydrogen) atoms. The maximum absolute atomic E-state index is 3.58. The minimum absolute atomic E-state index is 0.797. The molecule has 0 radical (unpaired) electrons. The molecular formula is C11H19N. The van der Waals surface area contributed by atoms with Crippen LogP contribution >= 0.6 is 0 Å². The molecule has 68 valence electrons. The standard InChI is InChI=1S/C11H19N/c1-2-9(3-1)6-11-5-4-10(11)7-12-8-11/h9-10,12H,1-8H2. The van der Waals surface area contributed by atoms with Crippen LogP contribution in [0.25, 0.3) is 0 Å². The fourth-order valence-corrected chi connectivity index (χ4v) is 3.42. The first-order chi connectivity index (χ1) is 5.89. The van der Waals surface area contributed by atoms with E-state index in [0.717, 1.165) is 17.3 Å². The molecule has 3 rings (SSSR count). The quantitative estimate of drug-likeness (QED) is 0.661. The Bertz CT molecular complexity index is 185. The number of rotatable bonds is 2. The second kappa shape index (κ2) is 2.47. The monoisotopic (exact) mass is 165 g/mol. The van der Waals surface area contributed by atoms with Gasteiger partial charge in [0.05, 0.1) is 0 Å². The Morgan fingerprint density at radius 3 is 2.67 bits per heavy atom. The molecule has 1 heteroatoms. The normalized spacial score (nSPS) is 46.5. The molecule has 0 aromatic rings. The van der Waals surface area contributed by atoms with E-state index in [1.807, 2.05) is 0 Å². The van der Waals surface area contributed by atoms with Crippen LogP contribution in [-0.4, -0.2) is 13.1 Å². The van der Waals surface area contributed by atoms with E-state index in [1.54, 1.807) is 6.42 Å². The van der Waals surface area contributed by atoms with Crippen molar-refractivity contribution in [2.75, 3.05) is 13.1 Å². The number of nitrogens with one attached hydrogen (secondary N) is 1. The molecular weight excluding hydrogens is 146 g/mol. The summed E-state index contributed by atoms with van der Waals surface area (Å²) in [6, 6.07) is 0. The highest BCUT2D eigenvalue weighted by molar-refractivity contribution is 5.03. The van der Waals surface area contributed by atoms with Gasteiger partial charge in [-0.05, 0) is 43.1 Å². The largest absolute Gasteiger partial charge is 0.316 e. The van der Waals surface area contributed by atoms with Crippen molar-refractivity contribution in [3.8, 4) is 0 Å². The summed E-state index contributed by atoms with van der Waals surface area (Å²) in [6.45, 7) is 2.67. The van der Waals surface area contributed by atoms with Gasteiger partial charge in [-0.15, -0.1) is 0 Å². The molecule has 1 saturated heterocycles. The van der Waals surface area contributed by atoms with Gasteiger partial charge in [0, 0.05) is 6.54 Å². The van der Waals surface area contributed by atoms with Crippen LogP contribution in [0, 0.1) is 17.3 Å². The highest BCUT2D eigenvalue weighted by Crippen LogP contribution is 2.55. The minimum Gasteiger partial charge on any atom is -0.316 e. The molecule has 0 aromatic heterocycles. The Morgan fingerprint density at radius 2 is 2.17 bits per heavy atom. The smallest absolute Gasteiger partial charge is 0.00112 e. The third-order valence-corrected chi connectivity index (χ3v) is 4.64. The van der Waals surface area contributed by atoms with Crippen molar-refractivity contribution in [3.63, 3.8) is 0 Å². The lowest BCUT2D eigenvalue weighted by atomic mass is 9.57. The Balaban J connectivity index is 1.65. The molecule has 0 aromatic carbocycles. The fourth-order valence-electron chi connectivity index (χ4n) is 3.42. The second-order valence-corrected chi connectivity index (χ2v) is 5.23. The van der Waals surface area contributed by atoms with Crippen LogP contribution in [0.1, 0.15) is 38.5 Å². The molecule has 0 bridgehead atoms. The van der Waals surface area contributed by atoms with Crippen molar-refractivity contribution in [1.82, 2.24) is 5.32 Å². The van der Waals surface area contributed by atoms with Crippen molar-refractivity contribution >= 4 is 0 Å². The first-order valence-corrected chi connectivity index (χ1v) is 5.60. The van der Waals surface area contributed by atoms with Gasteiger partial charge in [-0.3, -0.25) is 0 Å². The van der Waals surface area contributed by atoms with Crippen LogP contribution in [0.5, 0.6) is 0 Å². The zero-order valence-corrected chi connectivity index (χ0v) is 7.81. The SMILES string of the molecule is C1CC(CC23CCC2CNC3)C1. The van der Waals surface area contributed by atoms with Gasteiger partial charge in [0.2, 0.25) is 0 Å². The highest BCUT2D eigenvalue weighted by atomic mass is 15.0. The summed E-state index contributed by atoms with van der Waals surface area (Å²) in [5, 5.41) is 3.58. The molecule has 2 aliphatic carbocycles. The van der Waals surface area contributed by atoms with E-state index in [0.29, 0.717) is 0 Å². The average Bonchev–Trinajstić information content (AvgIpc) is 2.22. The number of hydrogen-bond donors (Lipinski definition) is 1. The molecule has 0 spiro atoms. The van der Waals surface area contributed by atoms with E-state index >= 15 is 0 Å². The molecule has 3 aliphatic rings. The molecule has 1 N–H and O–H groups in total. The second-order valence-electron chi connectivity index (χ2n) is 5.23. The van der Waals surface area contributed by atoms with E-state index in [2.05, 4.69) is 5.32 Å². The van der Waals surface area contributed by atoms with Crippen molar-refractivity contribution in [1.29, 1.82) is 0 Å². The van der Waals surface area contributed by atoms with Gasteiger partial charge in [0.25, 0.3) is 0 Å². The summed E-state index contributed by atoms with van der Waals surface area (Å²) >= 11 is 0. The van der Waals surface area contributed by atoms with Crippen LogP contribution in [0.2, 0.25) is 0 Å². The lowest BCUT2D eigenvalue weighted by molar-refractivity contribution is 0.0364. The molecule has 3 fully saturated rings. The van der Waals surface area contributed by atoms with Crippen molar-refractivity contribution in [2.24, 2.45) is 17.3 Å². The third-order valence-electron chi connectivity index (χ3n) is 4.64. The van der Waals surface area contributed by atoms with Gasteiger partial charge in [-0.1, -0.05) is 19.3 Å². The van der Waals surface area contributed by atoms with Gasteiger partial charge >= 0.3 is 0 Å². The van der Waals surface area contributed by atoms with Gasteiger partial charge in [0.1, 0.15) is 0 Å². The predicted molar refractivity (Wildman–Crippen MR) is 50.0 cm³/mol. The zero-order valence-electron chi connectivity index (χ0n) is 7.81. The number of hydrogen-bond acceptors (Lipinski definition) is 1. The Morgan fingerprint density at radius 1 is 1.25 bits per heavy atom. The fraction of sp³-hybridized carbons (Fsp3) is 1.00. The van der Waals surface area contributed by atoms with Crippen LogP contribution in [0.15, 0.2) is 0 Å². The minimum atomic E-state index is 0.797. The lowest BCUT2D eigenvalue weighted by Gasteiger charge is -2.48. The molecule has 2 unspecified atom stereocenters. The molecule has 0 amide bonds. The first kappa shape index (κ1) is 7.37. The van der Waals surface area contributed by atoms with Crippen LogP contribution < -0.4 is 5.32 Å². The van der Waals surface area contributed by atoms with E-state index in [1.165, 1.54) is 45.2 Å². The van der Waals surface area contributed by atoms with E-state index in [4.69, 9.17) is 0 Å². The predicted octanol–water partition coefficient (Wildman–Crippen LogP) is 2.18. The molecule has 2 atom stereocenters. The van der Waals surface area contributed by atoms with Crippen molar-refractivity contribution in [2.45, 2.75) is 38.5 Å². The highest BCUT2D eigenvalue weighted by Gasteiger charge is 2.50. The van der Waals surface area contributed by atoms with Gasteiger partial charge < -0.3 is 5.32 Å². The van der Waals surface area contributed by atoms with Gasteiger partial charge in [-0.2, -0.15) is 0 Å². The van der Waals surface area contributed by atoms with Crippen LogP contribution in [-0.2, 0) is 0 Å². The first-order valence-electron chi connectivity index (χ1n) is 5.60. The Kier molecular flexibility index (Phi) is 1.52. The summed E-state index contributed by atoms with van der Waals surface area (Å²) in [6.07, 6.45) is 9.19. The van der Waals surface area contributed by atoms with E-state index in [9.17, 15) is 0 Å². The molecule has 1 aliphatic heterocycles. The lowest BCUT2D eigenvalue weighted by Crippen LogP contribution is -2.41. The van der Waals surface area contributed by atoms with E-state index in [-0.39, 0.29) is 0 Å². The summed E-state index contributed by atoms with van der Waals surface area (Å²) < 4.78 is 0. The Labute approximate surface area is 74.9 Å². The summed E-state index contributed by atoms with van der Waals surface area (Å²) in [5.41, 5.74) is 0.797. The average molecular weight is 165 g/mol. The summed E-state index contributed by atoms with van der Waals surface area (Å²) in [7, 11) is 0. The van der Waals surface area contributed by atoms with E-state index < -0.39 is 0 Å². The van der Waals surface area contributed by atoms with Crippen LogP contribution in [0.3, 0.4) is 0 Å². The summed E-state index contributed by atoms with van der Waals surface area (Å²) in [5.74, 6) is 2.19. The zero-order chi connectivity index (χ0) is 8.02. The topological polar surface area (TPSA) is 12.0 Å². The van der Waals surface area contributed by atoms with Crippen molar-refractivity contribution in [3.05, 3.63) is 0 Å². The molecule has 2 saturated carbocycles. The summed E-state index contributed by atoms with van der Waals surface area (Å²) in [4.78, 5) is 0. The van der Waals surface area contributed by atoms with Gasteiger partial charge in [-0.25, -0.2) is 0 Å². The number of fused-ring (bicyclic) bond motifs is 1. The van der Waals surface area contributed by atoms with Crippen molar-refractivity contribution < 1.29 is 0 Å².